The first-order chi connectivity index (χ1) is 13.4. The second kappa shape index (κ2) is 15.6. The van der Waals surface area contributed by atoms with Crippen molar-refractivity contribution in [3.63, 3.8) is 0 Å². The molecule has 0 fully saturated rings. The van der Waals surface area contributed by atoms with Crippen LogP contribution in [0.5, 0.6) is 0 Å². The molecule has 2 rings (SSSR count). The average molecular weight is 538 g/mol. The summed E-state index contributed by atoms with van der Waals surface area (Å²) in [6.07, 6.45) is 7.45. The third-order valence-electron chi connectivity index (χ3n) is 2.69. The first-order valence-corrected chi connectivity index (χ1v) is 13.6. The molecule has 0 saturated heterocycles. The molecule has 2 atom stereocenters. The van der Waals surface area contributed by atoms with E-state index in [1.165, 1.54) is 18.7 Å². The maximum Gasteiger partial charge on any atom is 0.214 e. The molecule has 0 aliphatic rings. The monoisotopic (exact) mass is 536 g/mol. The molecule has 0 aliphatic carbocycles. The molecule has 1 N–H and O–H groups in total. The molecule has 2 unspecified atom stereocenters. The number of alkyl halides is 2. The molecule has 170 valence electrons. The van der Waals surface area contributed by atoms with E-state index in [0.717, 1.165) is 11.1 Å². The van der Waals surface area contributed by atoms with Gasteiger partial charge in [-0.1, -0.05) is 42.8 Å². The zero-order chi connectivity index (χ0) is 22.5. The molecule has 0 saturated carbocycles. The van der Waals surface area contributed by atoms with E-state index in [1.807, 2.05) is 0 Å². The highest BCUT2D eigenvalue weighted by Crippen LogP contribution is 2.09. The van der Waals surface area contributed by atoms with Crippen molar-refractivity contribution < 1.29 is 9.84 Å². The number of aromatic nitrogens is 2. The van der Waals surface area contributed by atoms with E-state index in [1.54, 1.807) is 36.7 Å². The van der Waals surface area contributed by atoms with Crippen molar-refractivity contribution in [2.45, 2.75) is 18.9 Å². The lowest BCUT2D eigenvalue weighted by atomic mass is 10.3. The first-order valence-electron chi connectivity index (χ1n) is 7.54. The summed E-state index contributed by atoms with van der Waals surface area (Å²) in [5.41, 5.74) is 1.53. The maximum atomic E-state index is 11.6. The van der Waals surface area contributed by atoms with Gasteiger partial charge in [0.1, 0.15) is 10.3 Å². The van der Waals surface area contributed by atoms with E-state index < -0.39 is 19.5 Å². The van der Waals surface area contributed by atoms with Crippen molar-refractivity contribution in [3.05, 3.63) is 58.1 Å². The van der Waals surface area contributed by atoms with E-state index in [0.29, 0.717) is 10.3 Å². The molecule has 2 aromatic heterocycles. The summed E-state index contributed by atoms with van der Waals surface area (Å²) in [5.74, 6) is 0.446. The summed E-state index contributed by atoms with van der Waals surface area (Å²) in [6, 6.07) is 6.68. The number of hydrogen-bond acceptors (Lipinski definition) is 7. The van der Waals surface area contributed by atoms with Crippen LogP contribution in [0.1, 0.15) is 20.0 Å². The minimum Gasteiger partial charge on any atom is -0.253 e. The normalized spacial score (nSPS) is 13.4. The van der Waals surface area contributed by atoms with Crippen LogP contribution in [-0.2, 0) is 31.0 Å². The van der Waals surface area contributed by atoms with Crippen molar-refractivity contribution in [1.82, 2.24) is 9.97 Å². The smallest absolute Gasteiger partial charge is 0.214 e. The van der Waals surface area contributed by atoms with Gasteiger partial charge in [0.2, 0.25) is 6.19 Å². The summed E-state index contributed by atoms with van der Waals surface area (Å²) in [6.45, 7) is 0. The van der Waals surface area contributed by atoms with Crippen molar-refractivity contribution in [2.75, 3.05) is 17.9 Å². The lowest BCUT2D eigenvalue weighted by molar-refractivity contribution is 0.678. The fourth-order valence-electron chi connectivity index (χ4n) is 1.73. The van der Waals surface area contributed by atoms with Crippen LogP contribution in [-0.4, -0.2) is 36.2 Å². The van der Waals surface area contributed by atoms with Gasteiger partial charge in [-0.3, -0.25) is 4.78 Å². The highest BCUT2D eigenvalue weighted by Gasteiger charge is 2.03. The molecular weight excluding hydrogens is 512 g/mol. The highest BCUT2D eigenvalue weighted by molar-refractivity contribution is 7.92. The Hall–Kier alpha value is -1.15. The largest absolute Gasteiger partial charge is 0.253 e. The van der Waals surface area contributed by atoms with Gasteiger partial charge < -0.3 is 0 Å². The number of nitrogens with zero attached hydrogens (tertiary/aromatic N) is 4. The van der Waals surface area contributed by atoms with E-state index in [2.05, 4.69) is 14.3 Å². The van der Waals surface area contributed by atoms with Crippen LogP contribution in [0.2, 0.25) is 10.3 Å². The van der Waals surface area contributed by atoms with Crippen LogP contribution in [0, 0.1) is 16.2 Å². The molecule has 0 radical (unpaired) electrons. The number of pyridine rings is 2. The van der Waals surface area contributed by atoms with Crippen LogP contribution >= 0.6 is 46.4 Å². The van der Waals surface area contributed by atoms with Gasteiger partial charge in [-0.15, -0.1) is 27.6 Å². The molecule has 30 heavy (non-hydrogen) atoms. The molecule has 13 heteroatoms. The van der Waals surface area contributed by atoms with Gasteiger partial charge in [0.05, 0.1) is 26.6 Å². The zero-order valence-corrected chi connectivity index (χ0v) is 20.2. The van der Waals surface area contributed by atoms with Gasteiger partial charge in [0.25, 0.3) is 0 Å². The molecule has 0 aromatic carbocycles. The van der Waals surface area contributed by atoms with Gasteiger partial charge in [-0.2, -0.15) is 5.26 Å². The third kappa shape index (κ3) is 16.6. The van der Waals surface area contributed by atoms with Crippen molar-refractivity contribution in [1.29, 1.82) is 10.0 Å². The highest BCUT2D eigenvalue weighted by atomic mass is 35.5. The molecule has 0 aliphatic heterocycles. The van der Waals surface area contributed by atoms with Gasteiger partial charge in [0, 0.05) is 36.1 Å². The van der Waals surface area contributed by atoms with Crippen molar-refractivity contribution >= 4 is 65.9 Å². The molecule has 7 nitrogen and oxygen atoms in total. The second-order valence-electron chi connectivity index (χ2n) is 5.52. The average Bonchev–Trinajstić information content (AvgIpc) is 2.59. The zero-order valence-electron chi connectivity index (χ0n) is 15.5. The molecule has 2 aromatic rings. The van der Waals surface area contributed by atoms with Crippen LogP contribution < -0.4 is 0 Å². The minimum absolute atomic E-state index is 0. The Balaban J connectivity index is -0.000000427. The SMILES string of the molecule is C.CS(=N)(=O)Cc1ccc(Cl)nc1.CS(=O)(Cc1ccc(Cl)nc1)=NC#N.ClCCl.[2HH]. The molecule has 2 heterocycles. The Morgan fingerprint density at radius 1 is 1.03 bits per heavy atom. The maximum absolute atomic E-state index is 11.6. The Kier molecular flexibility index (Phi) is 16.2. The predicted octanol–water partition coefficient (Wildman–Crippen LogP) is 6.03. The van der Waals surface area contributed by atoms with Gasteiger partial charge in [-0.25, -0.2) is 18.4 Å². The van der Waals surface area contributed by atoms with E-state index in [4.69, 9.17) is 56.4 Å². The van der Waals surface area contributed by atoms with Crippen LogP contribution in [0.4, 0.5) is 0 Å². The minimum atomic E-state index is -2.47. The summed E-state index contributed by atoms with van der Waals surface area (Å²) in [5, 5.41) is 9.28. The standard InChI is InChI=1S/C8H8ClN3OS.C7H9ClN2OS.CH2Cl2.CH4.H2/c1-14(13,12-6-10)5-7-2-3-8(9)11-4-7;1-12(9,11)5-6-2-3-7(8)10-4-6;2-1-3;;/h2-4H,5H2,1H3;2-4,9H,5H2,1H3;1H2;1H4;1H/i;;;;1+1. The van der Waals surface area contributed by atoms with Gasteiger partial charge >= 0.3 is 0 Å². The van der Waals surface area contributed by atoms with Crippen LogP contribution in [0.3, 0.4) is 0 Å². The quantitative estimate of drug-likeness (QED) is 0.290. The van der Waals surface area contributed by atoms with Crippen LogP contribution in [0.15, 0.2) is 41.0 Å². The Morgan fingerprint density at radius 2 is 1.43 bits per heavy atom. The van der Waals surface area contributed by atoms with Gasteiger partial charge in [-0.05, 0) is 23.3 Å². The lowest BCUT2D eigenvalue weighted by Crippen LogP contribution is -2.00. The lowest BCUT2D eigenvalue weighted by Gasteiger charge is -2.00. The Morgan fingerprint density at radius 3 is 1.73 bits per heavy atom. The number of halogens is 4. The van der Waals surface area contributed by atoms with E-state index >= 15 is 0 Å². The number of nitrogens with one attached hydrogen (secondary N) is 1. The predicted molar refractivity (Wildman–Crippen MR) is 130 cm³/mol. The fourth-order valence-corrected chi connectivity index (χ4v) is 3.79. The number of nitriles is 1. The van der Waals surface area contributed by atoms with Gasteiger partial charge in [0.15, 0.2) is 0 Å². The Bertz CT molecular complexity index is 1020. The molecular formula is C17H25Cl4N5O2S2. The van der Waals surface area contributed by atoms with E-state index in [-0.39, 0.29) is 25.7 Å². The summed E-state index contributed by atoms with van der Waals surface area (Å²) >= 11 is 20.7. The van der Waals surface area contributed by atoms with Crippen molar-refractivity contribution in [2.24, 2.45) is 4.36 Å². The first kappa shape index (κ1) is 31.0. The fraction of sp³-hybridized carbons (Fsp3) is 0.353. The summed E-state index contributed by atoms with van der Waals surface area (Å²) < 4.78 is 33.2. The van der Waals surface area contributed by atoms with Crippen molar-refractivity contribution in [3.8, 4) is 6.19 Å². The topological polar surface area (TPSA) is 120 Å². The number of rotatable bonds is 4. The molecule has 0 bridgehead atoms. The van der Waals surface area contributed by atoms with E-state index in [9.17, 15) is 8.42 Å². The van der Waals surface area contributed by atoms with Crippen LogP contribution in [0.25, 0.3) is 0 Å². The summed E-state index contributed by atoms with van der Waals surface area (Å²) in [7, 11) is -4.94. The molecule has 0 spiro atoms. The summed E-state index contributed by atoms with van der Waals surface area (Å²) in [4.78, 5) is 7.66. The Labute approximate surface area is 200 Å². The second-order valence-corrected chi connectivity index (χ2v) is 11.8. The molecule has 0 amide bonds. The third-order valence-corrected chi connectivity index (χ3v) is 5.36. The number of hydrogen-bond donors (Lipinski definition) is 1.